The molecule has 0 aromatic heterocycles. The Balaban J connectivity index is 2.01. The van der Waals surface area contributed by atoms with E-state index in [4.69, 9.17) is 4.74 Å². The minimum Gasteiger partial charge on any atom is -0.372 e. The molecule has 1 aromatic rings. The lowest BCUT2D eigenvalue weighted by Gasteiger charge is -2.35. The van der Waals surface area contributed by atoms with Crippen LogP contribution >= 0.6 is 0 Å². The molecule has 6 heteroatoms. The van der Waals surface area contributed by atoms with Gasteiger partial charge in [-0.2, -0.15) is 0 Å². The van der Waals surface area contributed by atoms with Gasteiger partial charge in [0.2, 0.25) is 0 Å². The summed E-state index contributed by atoms with van der Waals surface area (Å²) in [6.07, 6.45) is 0.150. The molecule has 0 spiro atoms. The van der Waals surface area contributed by atoms with E-state index in [0.29, 0.717) is 25.2 Å². The van der Waals surface area contributed by atoms with Crippen molar-refractivity contribution in [3.8, 4) is 0 Å². The highest BCUT2D eigenvalue weighted by Crippen LogP contribution is 2.15. The van der Waals surface area contributed by atoms with Crippen molar-refractivity contribution in [3.05, 3.63) is 35.4 Å². The zero-order chi connectivity index (χ0) is 20.0. The minimum absolute atomic E-state index is 0.0519. The van der Waals surface area contributed by atoms with Gasteiger partial charge in [0.25, 0.3) is 5.91 Å². The molecule has 0 radical (unpaired) electrons. The first-order valence-electron chi connectivity index (χ1n) is 9.78. The molecule has 1 heterocycles. The van der Waals surface area contributed by atoms with Crippen LogP contribution in [-0.2, 0) is 11.3 Å². The Morgan fingerprint density at radius 1 is 1.19 bits per heavy atom. The SMILES string of the molecule is CCNC(=NCc1ccc(C(=O)N2CC(C)OC(C)C2)cc1)NC(C)(C)C. The maximum atomic E-state index is 12.7. The van der Waals surface area contributed by atoms with Crippen molar-refractivity contribution >= 4 is 11.9 Å². The Hall–Kier alpha value is -2.08. The van der Waals surface area contributed by atoms with Crippen LogP contribution in [0.15, 0.2) is 29.3 Å². The molecule has 0 bridgehead atoms. The maximum Gasteiger partial charge on any atom is 0.254 e. The maximum absolute atomic E-state index is 12.7. The highest BCUT2D eigenvalue weighted by molar-refractivity contribution is 5.94. The van der Waals surface area contributed by atoms with Gasteiger partial charge in [0.05, 0.1) is 18.8 Å². The largest absolute Gasteiger partial charge is 0.372 e. The standard InChI is InChI=1S/C21H34N4O2/c1-7-22-20(24-21(4,5)6)23-12-17-8-10-18(11-9-17)19(26)25-13-15(2)27-16(3)14-25/h8-11,15-16H,7,12-14H2,1-6H3,(H2,22,23,24). The highest BCUT2D eigenvalue weighted by Gasteiger charge is 2.26. The van der Waals surface area contributed by atoms with E-state index in [9.17, 15) is 4.79 Å². The number of amides is 1. The molecule has 1 fully saturated rings. The minimum atomic E-state index is -0.0519. The molecule has 150 valence electrons. The van der Waals surface area contributed by atoms with Gasteiger partial charge < -0.3 is 20.3 Å². The van der Waals surface area contributed by atoms with Gasteiger partial charge in [0.15, 0.2) is 5.96 Å². The monoisotopic (exact) mass is 374 g/mol. The number of hydrogen-bond acceptors (Lipinski definition) is 3. The van der Waals surface area contributed by atoms with Crippen molar-refractivity contribution < 1.29 is 9.53 Å². The molecular weight excluding hydrogens is 340 g/mol. The number of morpholine rings is 1. The Morgan fingerprint density at radius 3 is 2.30 bits per heavy atom. The van der Waals surface area contributed by atoms with Gasteiger partial charge in [-0.05, 0) is 59.2 Å². The third-order valence-electron chi connectivity index (χ3n) is 4.17. The molecule has 6 nitrogen and oxygen atoms in total. The predicted octanol–water partition coefficient (Wildman–Crippen LogP) is 2.79. The topological polar surface area (TPSA) is 66.0 Å². The molecule has 1 aromatic carbocycles. The van der Waals surface area contributed by atoms with Crippen LogP contribution in [0.1, 0.15) is 57.5 Å². The lowest BCUT2D eigenvalue weighted by atomic mass is 10.1. The number of carbonyl (C=O) groups is 1. The summed E-state index contributed by atoms with van der Waals surface area (Å²) in [4.78, 5) is 19.2. The third kappa shape index (κ3) is 6.86. The summed E-state index contributed by atoms with van der Waals surface area (Å²) in [5.74, 6) is 0.858. The molecule has 2 N–H and O–H groups in total. The fourth-order valence-electron chi connectivity index (χ4n) is 3.11. The van der Waals surface area contributed by atoms with Crippen molar-refractivity contribution in [1.29, 1.82) is 0 Å². The number of rotatable bonds is 4. The number of hydrogen-bond donors (Lipinski definition) is 2. The third-order valence-corrected chi connectivity index (χ3v) is 4.17. The number of guanidine groups is 1. The van der Waals surface area contributed by atoms with E-state index in [1.807, 2.05) is 49.9 Å². The Kier molecular flexibility index (Phi) is 7.25. The van der Waals surface area contributed by atoms with Gasteiger partial charge in [0, 0.05) is 30.7 Å². The zero-order valence-corrected chi connectivity index (χ0v) is 17.5. The van der Waals surface area contributed by atoms with Crippen molar-refractivity contribution in [3.63, 3.8) is 0 Å². The van der Waals surface area contributed by atoms with Crippen LogP contribution in [0, 0.1) is 0 Å². The zero-order valence-electron chi connectivity index (χ0n) is 17.5. The second-order valence-corrected chi connectivity index (χ2v) is 8.23. The van der Waals surface area contributed by atoms with Crippen LogP contribution in [0.4, 0.5) is 0 Å². The lowest BCUT2D eigenvalue weighted by molar-refractivity contribution is -0.0586. The molecule has 2 unspecified atom stereocenters. The summed E-state index contributed by atoms with van der Waals surface area (Å²) < 4.78 is 5.71. The fraction of sp³-hybridized carbons (Fsp3) is 0.619. The van der Waals surface area contributed by atoms with E-state index in [0.717, 1.165) is 18.1 Å². The van der Waals surface area contributed by atoms with Crippen molar-refractivity contribution in [1.82, 2.24) is 15.5 Å². The van der Waals surface area contributed by atoms with Crippen molar-refractivity contribution in [2.45, 2.75) is 65.8 Å². The van der Waals surface area contributed by atoms with Crippen LogP contribution in [0.5, 0.6) is 0 Å². The van der Waals surface area contributed by atoms with Gasteiger partial charge in [-0.1, -0.05) is 12.1 Å². The number of nitrogens with zero attached hydrogens (tertiary/aromatic N) is 2. The predicted molar refractivity (Wildman–Crippen MR) is 110 cm³/mol. The average molecular weight is 375 g/mol. The Morgan fingerprint density at radius 2 is 1.78 bits per heavy atom. The number of nitrogens with one attached hydrogen (secondary N) is 2. The summed E-state index contributed by atoms with van der Waals surface area (Å²) in [7, 11) is 0. The van der Waals surface area contributed by atoms with Gasteiger partial charge >= 0.3 is 0 Å². The van der Waals surface area contributed by atoms with E-state index < -0.39 is 0 Å². The van der Waals surface area contributed by atoms with Crippen LogP contribution in [-0.4, -0.2) is 54.1 Å². The molecule has 1 amide bonds. The molecule has 2 atom stereocenters. The highest BCUT2D eigenvalue weighted by atomic mass is 16.5. The normalized spacial score (nSPS) is 21.1. The second-order valence-electron chi connectivity index (χ2n) is 8.23. The van der Waals surface area contributed by atoms with Gasteiger partial charge in [0.1, 0.15) is 0 Å². The van der Waals surface area contributed by atoms with E-state index in [2.05, 4.69) is 36.4 Å². The molecule has 1 aliphatic heterocycles. The van der Waals surface area contributed by atoms with Gasteiger partial charge in [-0.3, -0.25) is 4.79 Å². The average Bonchev–Trinajstić information content (AvgIpc) is 2.57. The molecule has 0 aliphatic carbocycles. The molecule has 2 rings (SSSR count). The Labute approximate surface area is 163 Å². The molecule has 1 aliphatic rings. The second kappa shape index (κ2) is 9.22. The molecular formula is C21H34N4O2. The van der Waals surface area contributed by atoms with Crippen LogP contribution in [0.25, 0.3) is 0 Å². The summed E-state index contributed by atoms with van der Waals surface area (Å²) in [6, 6.07) is 7.74. The molecule has 0 saturated carbocycles. The summed E-state index contributed by atoms with van der Waals surface area (Å²) in [5, 5.41) is 6.63. The summed E-state index contributed by atoms with van der Waals surface area (Å²) in [6.45, 7) is 15.0. The Bertz CT molecular complexity index is 639. The summed E-state index contributed by atoms with van der Waals surface area (Å²) in [5.41, 5.74) is 1.73. The van der Waals surface area contributed by atoms with E-state index in [1.54, 1.807) is 0 Å². The van der Waals surface area contributed by atoms with Crippen LogP contribution < -0.4 is 10.6 Å². The quantitative estimate of drug-likeness (QED) is 0.628. The van der Waals surface area contributed by atoms with Crippen LogP contribution in [0.2, 0.25) is 0 Å². The van der Waals surface area contributed by atoms with Crippen molar-refractivity contribution in [2.75, 3.05) is 19.6 Å². The first-order chi connectivity index (χ1) is 12.7. The van der Waals surface area contributed by atoms with Crippen LogP contribution in [0.3, 0.4) is 0 Å². The van der Waals surface area contributed by atoms with E-state index in [1.165, 1.54) is 0 Å². The van der Waals surface area contributed by atoms with Gasteiger partial charge in [-0.25, -0.2) is 4.99 Å². The molecule has 27 heavy (non-hydrogen) atoms. The van der Waals surface area contributed by atoms with E-state index >= 15 is 0 Å². The van der Waals surface area contributed by atoms with Gasteiger partial charge in [-0.15, -0.1) is 0 Å². The smallest absolute Gasteiger partial charge is 0.254 e. The number of carbonyl (C=O) groups excluding carboxylic acids is 1. The fourth-order valence-corrected chi connectivity index (χ4v) is 3.11. The number of benzene rings is 1. The first kappa shape index (κ1) is 21.2. The van der Waals surface area contributed by atoms with E-state index in [-0.39, 0.29) is 23.7 Å². The first-order valence-corrected chi connectivity index (χ1v) is 9.78. The van der Waals surface area contributed by atoms with Crippen molar-refractivity contribution in [2.24, 2.45) is 4.99 Å². The lowest BCUT2D eigenvalue weighted by Crippen LogP contribution is -2.48. The number of ether oxygens (including phenoxy) is 1. The summed E-state index contributed by atoms with van der Waals surface area (Å²) >= 11 is 0. The number of aliphatic imine (C=N–C) groups is 1. The molecule has 1 saturated heterocycles.